The van der Waals surface area contributed by atoms with Crippen molar-refractivity contribution in [2.45, 2.75) is 25.6 Å². The zero-order valence-corrected chi connectivity index (χ0v) is 10.9. The number of halogens is 3. The predicted molar refractivity (Wildman–Crippen MR) is 64.1 cm³/mol. The van der Waals surface area contributed by atoms with Crippen LogP contribution in [0.15, 0.2) is 12.3 Å². The van der Waals surface area contributed by atoms with E-state index in [2.05, 4.69) is 10.3 Å². The quantitative estimate of drug-likeness (QED) is 0.801. The SMILES string of the molecule is CC1(C)NC(=O)N(c2cnc(C#N)c(C(F)(F)F)c2)C1=O. The first-order valence-corrected chi connectivity index (χ1v) is 5.72. The zero-order chi connectivity index (χ0) is 16.0. The van der Waals surface area contributed by atoms with Gasteiger partial charge in [-0.05, 0) is 19.9 Å². The summed E-state index contributed by atoms with van der Waals surface area (Å²) in [6.07, 6.45) is -3.94. The number of nitrogens with one attached hydrogen (secondary N) is 1. The van der Waals surface area contributed by atoms with Crippen LogP contribution < -0.4 is 10.2 Å². The molecule has 1 N–H and O–H groups in total. The number of urea groups is 1. The molecule has 110 valence electrons. The van der Waals surface area contributed by atoms with E-state index in [0.717, 1.165) is 6.20 Å². The standard InChI is InChI=1S/C12H9F3N4O2/c1-11(2)9(20)19(10(21)18-11)6-3-7(12(13,14)15)8(4-16)17-5-6/h3,5H,1-2H3,(H,18,21). The van der Waals surface area contributed by atoms with Crippen LogP contribution in [0.3, 0.4) is 0 Å². The van der Waals surface area contributed by atoms with Gasteiger partial charge in [0.2, 0.25) is 0 Å². The lowest BCUT2D eigenvalue weighted by molar-refractivity contribution is -0.138. The number of alkyl halides is 3. The highest BCUT2D eigenvalue weighted by Crippen LogP contribution is 2.34. The minimum Gasteiger partial charge on any atom is -0.323 e. The number of imide groups is 1. The minimum atomic E-state index is -4.82. The third-order valence-corrected chi connectivity index (χ3v) is 2.90. The van der Waals surface area contributed by atoms with Gasteiger partial charge in [0.1, 0.15) is 11.6 Å². The number of nitriles is 1. The van der Waals surface area contributed by atoms with Crippen molar-refractivity contribution >= 4 is 17.6 Å². The molecule has 0 saturated carbocycles. The van der Waals surface area contributed by atoms with Crippen molar-refractivity contribution in [3.8, 4) is 6.07 Å². The molecule has 0 radical (unpaired) electrons. The van der Waals surface area contributed by atoms with Gasteiger partial charge in [-0.3, -0.25) is 4.79 Å². The van der Waals surface area contributed by atoms with Crippen molar-refractivity contribution in [3.63, 3.8) is 0 Å². The second-order valence-electron chi connectivity index (χ2n) is 4.89. The highest BCUT2D eigenvalue weighted by molar-refractivity contribution is 6.22. The van der Waals surface area contributed by atoms with Crippen LogP contribution >= 0.6 is 0 Å². The molecule has 0 spiro atoms. The van der Waals surface area contributed by atoms with Gasteiger partial charge >= 0.3 is 12.2 Å². The largest absolute Gasteiger partial charge is 0.419 e. The molecule has 0 unspecified atom stereocenters. The first-order chi connectivity index (χ1) is 9.58. The van der Waals surface area contributed by atoms with Gasteiger partial charge in [0.05, 0.1) is 17.4 Å². The van der Waals surface area contributed by atoms with Crippen molar-refractivity contribution in [1.82, 2.24) is 10.3 Å². The zero-order valence-electron chi connectivity index (χ0n) is 10.9. The number of pyridine rings is 1. The first-order valence-electron chi connectivity index (χ1n) is 5.72. The summed E-state index contributed by atoms with van der Waals surface area (Å²) >= 11 is 0. The molecule has 6 nitrogen and oxygen atoms in total. The summed E-state index contributed by atoms with van der Waals surface area (Å²) in [5, 5.41) is 11.0. The molecule has 0 aliphatic carbocycles. The average molecular weight is 298 g/mol. The van der Waals surface area contributed by atoms with Crippen molar-refractivity contribution < 1.29 is 22.8 Å². The Morgan fingerprint density at radius 1 is 1.38 bits per heavy atom. The van der Waals surface area contributed by atoms with E-state index in [1.165, 1.54) is 19.9 Å². The highest BCUT2D eigenvalue weighted by Gasteiger charge is 2.46. The summed E-state index contributed by atoms with van der Waals surface area (Å²) < 4.78 is 38.6. The van der Waals surface area contributed by atoms with E-state index in [9.17, 15) is 22.8 Å². The van der Waals surface area contributed by atoms with Gasteiger partial charge in [-0.25, -0.2) is 14.7 Å². The normalized spacial score (nSPS) is 17.6. The van der Waals surface area contributed by atoms with Gasteiger partial charge in [0, 0.05) is 0 Å². The summed E-state index contributed by atoms with van der Waals surface area (Å²) in [5.74, 6) is -0.702. The summed E-state index contributed by atoms with van der Waals surface area (Å²) in [7, 11) is 0. The number of nitrogens with zero attached hydrogens (tertiary/aromatic N) is 3. The molecule has 1 aliphatic rings. The Bertz CT molecular complexity index is 676. The molecule has 1 aliphatic heterocycles. The molecular formula is C12H9F3N4O2. The van der Waals surface area contributed by atoms with Crippen LogP contribution in [0.5, 0.6) is 0 Å². The van der Waals surface area contributed by atoms with Gasteiger partial charge in [0.25, 0.3) is 5.91 Å². The molecule has 21 heavy (non-hydrogen) atoms. The molecule has 0 bridgehead atoms. The topological polar surface area (TPSA) is 86.1 Å². The van der Waals surface area contributed by atoms with Crippen molar-refractivity contribution in [3.05, 3.63) is 23.5 Å². The summed E-state index contributed by atoms with van der Waals surface area (Å²) in [6, 6.07) is 1.04. The number of rotatable bonds is 1. The van der Waals surface area contributed by atoms with E-state index in [0.29, 0.717) is 11.0 Å². The van der Waals surface area contributed by atoms with Crippen molar-refractivity contribution in [1.29, 1.82) is 5.26 Å². The summed E-state index contributed by atoms with van der Waals surface area (Å²) in [4.78, 5) is 27.7. The molecule has 1 aromatic rings. The number of amides is 3. The molecule has 9 heteroatoms. The van der Waals surface area contributed by atoms with E-state index < -0.39 is 34.9 Å². The third-order valence-electron chi connectivity index (χ3n) is 2.90. The number of carbonyl (C=O) groups excluding carboxylic acids is 2. The van der Waals surface area contributed by atoms with Crippen LogP contribution in [0.1, 0.15) is 25.1 Å². The molecule has 2 heterocycles. The smallest absolute Gasteiger partial charge is 0.323 e. The molecular weight excluding hydrogens is 289 g/mol. The Labute approximate surface area is 117 Å². The van der Waals surface area contributed by atoms with Crippen molar-refractivity contribution in [2.24, 2.45) is 0 Å². The Balaban J connectivity index is 2.55. The van der Waals surface area contributed by atoms with Gasteiger partial charge in [-0.1, -0.05) is 0 Å². The van der Waals surface area contributed by atoms with Gasteiger partial charge in [0.15, 0.2) is 5.69 Å². The van der Waals surface area contributed by atoms with Crippen LogP contribution in [0, 0.1) is 11.3 Å². The molecule has 0 aromatic carbocycles. The number of carbonyl (C=O) groups is 2. The highest BCUT2D eigenvalue weighted by atomic mass is 19.4. The molecule has 1 fully saturated rings. The van der Waals surface area contributed by atoms with Crippen LogP contribution in [0.2, 0.25) is 0 Å². The summed E-state index contributed by atoms with van der Waals surface area (Å²) in [6.45, 7) is 2.85. The maximum Gasteiger partial charge on any atom is 0.419 e. The Morgan fingerprint density at radius 2 is 2.00 bits per heavy atom. The lowest BCUT2D eigenvalue weighted by Crippen LogP contribution is -2.40. The van der Waals surface area contributed by atoms with Crippen LogP contribution in [0.4, 0.5) is 23.7 Å². The van der Waals surface area contributed by atoms with E-state index >= 15 is 0 Å². The monoisotopic (exact) mass is 298 g/mol. The second kappa shape index (κ2) is 4.44. The maximum atomic E-state index is 12.9. The first kappa shape index (κ1) is 14.8. The Morgan fingerprint density at radius 3 is 2.43 bits per heavy atom. The summed E-state index contributed by atoms with van der Waals surface area (Å²) in [5.41, 5.74) is -3.68. The average Bonchev–Trinajstić information content (AvgIpc) is 2.56. The number of hydrogen-bond donors (Lipinski definition) is 1. The van der Waals surface area contributed by atoms with E-state index in [-0.39, 0.29) is 5.69 Å². The van der Waals surface area contributed by atoms with Crippen LogP contribution in [-0.2, 0) is 11.0 Å². The molecule has 0 atom stereocenters. The van der Waals surface area contributed by atoms with Gasteiger partial charge < -0.3 is 5.32 Å². The minimum absolute atomic E-state index is 0.339. The fourth-order valence-electron chi connectivity index (χ4n) is 1.86. The van der Waals surface area contributed by atoms with Crippen molar-refractivity contribution in [2.75, 3.05) is 4.90 Å². The maximum absolute atomic E-state index is 12.9. The number of anilines is 1. The third kappa shape index (κ3) is 2.40. The number of hydrogen-bond acceptors (Lipinski definition) is 4. The Kier molecular flexibility index (Phi) is 3.12. The van der Waals surface area contributed by atoms with E-state index in [1.807, 2.05) is 0 Å². The molecule has 1 saturated heterocycles. The molecule has 2 rings (SSSR count). The predicted octanol–water partition coefficient (Wildman–Crippen LogP) is 1.81. The van der Waals surface area contributed by atoms with Crippen LogP contribution in [-0.4, -0.2) is 22.5 Å². The fraction of sp³-hybridized carbons (Fsp3) is 0.333. The molecule has 3 amide bonds. The van der Waals surface area contributed by atoms with Gasteiger partial charge in [-0.2, -0.15) is 18.4 Å². The van der Waals surface area contributed by atoms with E-state index in [4.69, 9.17) is 5.26 Å². The number of aromatic nitrogens is 1. The van der Waals surface area contributed by atoms with Crippen LogP contribution in [0.25, 0.3) is 0 Å². The van der Waals surface area contributed by atoms with E-state index in [1.54, 1.807) is 0 Å². The lowest BCUT2D eigenvalue weighted by atomic mass is 10.1. The van der Waals surface area contributed by atoms with Gasteiger partial charge in [-0.15, -0.1) is 0 Å². The lowest BCUT2D eigenvalue weighted by Gasteiger charge is -2.17. The Hall–Kier alpha value is -2.63. The second-order valence-corrected chi connectivity index (χ2v) is 4.89. The molecule has 1 aromatic heterocycles. The fourth-order valence-corrected chi connectivity index (χ4v) is 1.86.